The lowest BCUT2D eigenvalue weighted by Gasteiger charge is -2.42. The third-order valence-electron chi connectivity index (χ3n) is 9.54. The van der Waals surface area contributed by atoms with Crippen LogP contribution in [0.1, 0.15) is 80.0 Å². The maximum atomic E-state index is 15.7. The van der Waals surface area contributed by atoms with Crippen LogP contribution in [0.4, 0.5) is 20.2 Å². The van der Waals surface area contributed by atoms with E-state index in [1.165, 1.54) is 30.4 Å². The van der Waals surface area contributed by atoms with Gasteiger partial charge in [-0.1, -0.05) is 56.2 Å². The molecule has 1 aliphatic carbocycles. The van der Waals surface area contributed by atoms with Gasteiger partial charge in [-0.3, -0.25) is 0 Å². The lowest BCUT2D eigenvalue weighted by molar-refractivity contribution is 0.312. The summed E-state index contributed by atoms with van der Waals surface area (Å²) < 4.78 is 43.1. The van der Waals surface area contributed by atoms with Crippen molar-refractivity contribution in [2.75, 3.05) is 11.5 Å². The molecule has 0 radical (unpaired) electrons. The topological polar surface area (TPSA) is 70.5 Å². The number of benzene rings is 5. The van der Waals surface area contributed by atoms with E-state index in [1.54, 1.807) is 72.8 Å². The van der Waals surface area contributed by atoms with Gasteiger partial charge in [0.05, 0.1) is 0 Å². The van der Waals surface area contributed by atoms with E-state index in [-0.39, 0.29) is 11.5 Å². The summed E-state index contributed by atoms with van der Waals surface area (Å²) in [5.41, 5.74) is 16.5. The first kappa shape index (κ1) is 32.1. The Morgan fingerprint density at radius 2 is 1.13 bits per heavy atom. The van der Waals surface area contributed by atoms with Crippen LogP contribution in [0.2, 0.25) is 0 Å². The minimum Gasteiger partial charge on any atom is -0.454 e. The van der Waals surface area contributed by atoms with Crippen LogP contribution >= 0.6 is 0 Å². The van der Waals surface area contributed by atoms with Crippen LogP contribution in [-0.4, -0.2) is 0 Å². The van der Waals surface area contributed by atoms with E-state index in [0.29, 0.717) is 28.8 Å². The summed E-state index contributed by atoms with van der Waals surface area (Å²) >= 11 is 0. The minimum absolute atomic E-state index is 0.125. The zero-order chi connectivity index (χ0) is 32.8. The van der Waals surface area contributed by atoms with E-state index in [0.717, 1.165) is 43.2 Å². The number of nitrogen functional groups attached to an aromatic ring is 2. The standard InChI is InChI=1S/C41H42F2N2O2/c1-2-3-4-5-28-6-8-29(9-7-28)30-22-24-41(25-23-30,31-10-20-39(37(42)26-31)46-35-16-12-33(44)13-17-35)32-11-21-40(38(43)27-32)47-36-18-14-34(45)15-19-36/h6-21,26-27,30H,2-5,22-25,44-45H2,1H3. The summed E-state index contributed by atoms with van der Waals surface area (Å²) in [6, 6.07) is 33.0. The molecule has 0 aliphatic heterocycles. The van der Waals surface area contributed by atoms with Gasteiger partial charge in [-0.25, -0.2) is 8.78 Å². The normalized spacial score (nSPS) is 14.5. The molecule has 5 aromatic rings. The van der Waals surface area contributed by atoms with Crippen molar-refractivity contribution in [1.82, 2.24) is 0 Å². The highest BCUT2D eigenvalue weighted by atomic mass is 19.1. The Hall–Kier alpha value is -4.84. The molecule has 5 aromatic carbocycles. The Bertz CT molecular complexity index is 1680. The summed E-state index contributed by atoms with van der Waals surface area (Å²) in [5, 5.41) is 0. The average Bonchev–Trinajstić information content (AvgIpc) is 3.09. The zero-order valence-electron chi connectivity index (χ0n) is 26.9. The molecule has 0 spiro atoms. The number of nitrogens with two attached hydrogens (primary N) is 2. The molecule has 4 nitrogen and oxygen atoms in total. The van der Waals surface area contributed by atoms with Crippen LogP contribution < -0.4 is 20.9 Å². The number of unbranched alkanes of at least 4 members (excludes halogenated alkanes) is 2. The molecule has 0 heterocycles. The van der Waals surface area contributed by atoms with E-state index in [2.05, 4.69) is 31.2 Å². The van der Waals surface area contributed by atoms with Crippen LogP contribution in [0.15, 0.2) is 109 Å². The second-order valence-corrected chi connectivity index (χ2v) is 12.7. The van der Waals surface area contributed by atoms with Gasteiger partial charge in [0.25, 0.3) is 0 Å². The highest BCUT2D eigenvalue weighted by molar-refractivity contribution is 5.48. The van der Waals surface area contributed by atoms with Gasteiger partial charge in [-0.05, 0) is 139 Å². The van der Waals surface area contributed by atoms with Crippen molar-refractivity contribution in [2.45, 2.75) is 69.6 Å². The van der Waals surface area contributed by atoms with E-state index in [4.69, 9.17) is 20.9 Å². The lowest BCUT2D eigenvalue weighted by atomic mass is 9.62. The fourth-order valence-electron chi connectivity index (χ4n) is 6.81. The van der Waals surface area contributed by atoms with Crippen molar-refractivity contribution in [3.63, 3.8) is 0 Å². The van der Waals surface area contributed by atoms with E-state index in [9.17, 15) is 0 Å². The highest BCUT2D eigenvalue weighted by Crippen LogP contribution is 2.50. The van der Waals surface area contributed by atoms with E-state index in [1.807, 2.05) is 12.1 Å². The Kier molecular flexibility index (Phi) is 9.76. The molecule has 1 aliphatic rings. The Morgan fingerprint density at radius 3 is 1.57 bits per heavy atom. The third-order valence-corrected chi connectivity index (χ3v) is 9.54. The summed E-state index contributed by atoms with van der Waals surface area (Å²) in [6.45, 7) is 2.22. The lowest BCUT2D eigenvalue weighted by Crippen LogP contribution is -2.33. The summed E-state index contributed by atoms with van der Waals surface area (Å²) in [7, 11) is 0. The first-order chi connectivity index (χ1) is 22.8. The largest absolute Gasteiger partial charge is 0.454 e. The van der Waals surface area contributed by atoms with Gasteiger partial charge in [-0.15, -0.1) is 0 Å². The maximum absolute atomic E-state index is 15.7. The third kappa shape index (κ3) is 7.43. The molecular formula is C41H42F2N2O2. The van der Waals surface area contributed by atoms with Crippen LogP contribution in [0.5, 0.6) is 23.0 Å². The van der Waals surface area contributed by atoms with Crippen LogP contribution in [0.3, 0.4) is 0 Å². The quantitative estimate of drug-likeness (QED) is 0.112. The predicted molar refractivity (Wildman–Crippen MR) is 186 cm³/mol. The van der Waals surface area contributed by atoms with E-state index >= 15 is 8.78 Å². The van der Waals surface area contributed by atoms with Gasteiger partial charge in [0.1, 0.15) is 11.5 Å². The second-order valence-electron chi connectivity index (χ2n) is 12.7. The van der Waals surface area contributed by atoms with Crippen molar-refractivity contribution < 1.29 is 18.3 Å². The molecule has 1 saturated carbocycles. The summed E-state index contributed by atoms with van der Waals surface area (Å²) in [5.74, 6) is 0.683. The van der Waals surface area contributed by atoms with Gasteiger partial charge in [-0.2, -0.15) is 0 Å². The zero-order valence-corrected chi connectivity index (χ0v) is 26.9. The van der Waals surface area contributed by atoms with E-state index < -0.39 is 17.0 Å². The Balaban J connectivity index is 1.28. The average molecular weight is 633 g/mol. The van der Waals surface area contributed by atoms with Gasteiger partial charge in [0.2, 0.25) is 0 Å². The molecule has 1 fully saturated rings. The smallest absolute Gasteiger partial charge is 0.166 e. The molecule has 242 valence electrons. The number of aryl methyl sites for hydroxylation is 1. The van der Waals surface area contributed by atoms with Gasteiger partial charge in [0, 0.05) is 16.8 Å². The van der Waals surface area contributed by atoms with Crippen molar-refractivity contribution in [3.8, 4) is 23.0 Å². The molecule has 47 heavy (non-hydrogen) atoms. The molecule has 0 saturated heterocycles. The number of halogens is 2. The number of hydrogen-bond acceptors (Lipinski definition) is 4. The van der Waals surface area contributed by atoms with Crippen molar-refractivity contribution in [2.24, 2.45) is 0 Å². The fraction of sp³-hybridized carbons (Fsp3) is 0.268. The number of rotatable bonds is 11. The monoisotopic (exact) mass is 632 g/mol. The minimum atomic E-state index is -0.586. The molecule has 6 heteroatoms. The number of hydrogen-bond donors (Lipinski definition) is 2. The van der Waals surface area contributed by atoms with Crippen LogP contribution in [0.25, 0.3) is 0 Å². The maximum Gasteiger partial charge on any atom is 0.166 e. The van der Waals surface area contributed by atoms with Crippen molar-refractivity contribution in [3.05, 3.63) is 143 Å². The Labute approximate surface area is 276 Å². The Morgan fingerprint density at radius 1 is 0.638 bits per heavy atom. The molecule has 0 amide bonds. The number of ether oxygens (including phenoxy) is 2. The van der Waals surface area contributed by atoms with Gasteiger partial charge < -0.3 is 20.9 Å². The fourth-order valence-corrected chi connectivity index (χ4v) is 6.81. The van der Waals surface area contributed by atoms with Crippen LogP contribution in [-0.2, 0) is 11.8 Å². The van der Waals surface area contributed by atoms with Crippen LogP contribution in [0, 0.1) is 11.6 Å². The van der Waals surface area contributed by atoms with Crippen molar-refractivity contribution in [1.29, 1.82) is 0 Å². The molecule has 0 bridgehead atoms. The summed E-state index contributed by atoms with van der Waals surface area (Å²) in [4.78, 5) is 0. The first-order valence-corrected chi connectivity index (χ1v) is 16.6. The predicted octanol–water partition coefficient (Wildman–Crippen LogP) is 11.1. The molecule has 4 N–H and O–H groups in total. The molecule has 0 atom stereocenters. The van der Waals surface area contributed by atoms with Crippen molar-refractivity contribution >= 4 is 11.4 Å². The first-order valence-electron chi connectivity index (χ1n) is 16.6. The highest BCUT2D eigenvalue weighted by Gasteiger charge is 2.40. The van der Waals surface area contributed by atoms with Gasteiger partial charge >= 0.3 is 0 Å². The number of anilines is 2. The molecular weight excluding hydrogens is 590 g/mol. The molecule has 0 unspecified atom stereocenters. The summed E-state index contributed by atoms with van der Waals surface area (Å²) in [6.07, 6.45) is 8.05. The molecule has 0 aromatic heterocycles. The molecule has 6 rings (SSSR count). The second kappa shape index (κ2) is 14.3. The SMILES string of the molecule is CCCCCc1ccc(C2CCC(c3ccc(Oc4ccc(N)cc4)c(F)c3)(c3ccc(Oc4ccc(N)cc4)c(F)c3)CC2)cc1. The van der Waals surface area contributed by atoms with Gasteiger partial charge in [0.15, 0.2) is 23.1 Å².